The molecule has 31 heavy (non-hydrogen) atoms. The largest absolute Gasteiger partial charge is 0.497 e. The maximum Gasteiger partial charge on any atom is 0.255 e. The number of carbonyl (C=O) groups is 1. The van der Waals surface area contributed by atoms with Gasteiger partial charge in [0, 0.05) is 30.9 Å². The van der Waals surface area contributed by atoms with E-state index in [0.717, 1.165) is 24.3 Å². The number of amides is 1. The molecule has 7 nitrogen and oxygen atoms in total. The van der Waals surface area contributed by atoms with Crippen LogP contribution in [0.2, 0.25) is 0 Å². The molecule has 0 bridgehead atoms. The van der Waals surface area contributed by atoms with Gasteiger partial charge in [0.05, 0.1) is 31.6 Å². The summed E-state index contributed by atoms with van der Waals surface area (Å²) in [7, 11) is 1.64. The molecule has 0 radical (unpaired) electrons. The van der Waals surface area contributed by atoms with Crippen LogP contribution in [0.3, 0.4) is 0 Å². The fraction of sp³-hybridized carbons (Fsp3) is 0.304. The minimum atomic E-state index is -0.458. The lowest BCUT2D eigenvalue weighted by Crippen LogP contribution is -2.31. The summed E-state index contributed by atoms with van der Waals surface area (Å²) in [5.74, 6) is -0.0432. The van der Waals surface area contributed by atoms with E-state index < -0.39 is 11.7 Å². The van der Waals surface area contributed by atoms with Crippen molar-refractivity contribution in [1.29, 1.82) is 0 Å². The van der Waals surface area contributed by atoms with Crippen LogP contribution in [0, 0.1) is 5.82 Å². The monoisotopic (exact) mass is 424 g/mol. The number of likely N-dealkylation sites (tertiary alicyclic amines) is 1. The van der Waals surface area contributed by atoms with Crippen LogP contribution < -0.4 is 10.1 Å². The molecule has 162 valence electrons. The number of aliphatic hydroxyl groups excluding tert-OH is 1. The Morgan fingerprint density at radius 3 is 2.90 bits per heavy atom. The molecule has 4 rings (SSSR count). The van der Waals surface area contributed by atoms with E-state index in [-0.39, 0.29) is 24.3 Å². The van der Waals surface area contributed by atoms with Crippen LogP contribution in [-0.2, 0) is 6.54 Å². The first-order valence-corrected chi connectivity index (χ1v) is 10.1. The van der Waals surface area contributed by atoms with Gasteiger partial charge in [0.25, 0.3) is 5.91 Å². The van der Waals surface area contributed by atoms with Crippen LogP contribution in [0.4, 0.5) is 10.1 Å². The average molecular weight is 424 g/mol. The summed E-state index contributed by atoms with van der Waals surface area (Å²) < 4.78 is 20.5. The molecular weight excluding hydrogens is 399 g/mol. The van der Waals surface area contributed by atoms with Crippen molar-refractivity contribution in [3.63, 3.8) is 0 Å². The summed E-state index contributed by atoms with van der Waals surface area (Å²) in [4.78, 5) is 14.6. The van der Waals surface area contributed by atoms with Crippen molar-refractivity contribution >= 4 is 11.6 Å². The third kappa shape index (κ3) is 4.92. The topological polar surface area (TPSA) is 79.6 Å². The zero-order chi connectivity index (χ0) is 21.8. The van der Waals surface area contributed by atoms with E-state index in [1.807, 2.05) is 28.9 Å². The fourth-order valence-corrected chi connectivity index (χ4v) is 3.97. The fourth-order valence-electron chi connectivity index (χ4n) is 3.97. The summed E-state index contributed by atoms with van der Waals surface area (Å²) in [5.41, 5.74) is 1.90. The zero-order valence-electron chi connectivity index (χ0n) is 17.2. The van der Waals surface area contributed by atoms with Gasteiger partial charge in [-0.3, -0.25) is 14.4 Å². The zero-order valence-corrected chi connectivity index (χ0v) is 17.2. The van der Waals surface area contributed by atoms with E-state index >= 15 is 0 Å². The number of nitrogens with zero attached hydrogens (tertiary/aromatic N) is 3. The highest BCUT2D eigenvalue weighted by Crippen LogP contribution is 2.29. The molecule has 0 spiro atoms. The molecule has 1 fully saturated rings. The van der Waals surface area contributed by atoms with E-state index in [2.05, 4.69) is 15.3 Å². The maximum atomic E-state index is 13.4. The lowest BCUT2D eigenvalue weighted by molar-refractivity contribution is 0.102. The van der Waals surface area contributed by atoms with Gasteiger partial charge >= 0.3 is 0 Å². The van der Waals surface area contributed by atoms with Crippen LogP contribution >= 0.6 is 0 Å². The first kappa shape index (κ1) is 21.0. The Bertz CT molecular complexity index is 1050. The highest BCUT2D eigenvalue weighted by atomic mass is 19.1. The van der Waals surface area contributed by atoms with Gasteiger partial charge in [0.15, 0.2) is 0 Å². The number of methoxy groups -OCH3 is 1. The second kappa shape index (κ2) is 9.28. The number of ether oxygens (including phenoxy) is 1. The maximum absolute atomic E-state index is 13.4. The van der Waals surface area contributed by atoms with Crippen LogP contribution in [0.1, 0.15) is 28.4 Å². The number of aromatic nitrogens is 2. The normalized spacial score (nSPS) is 18.8. The predicted octanol–water partition coefficient (Wildman–Crippen LogP) is 3.09. The van der Waals surface area contributed by atoms with E-state index in [1.165, 1.54) is 18.2 Å². The van der Waals surface area contributed by atoms with Crippen molar-refractivity contribution in [3.05, 3.63) is 77.9 Å². The molecule has 2 aromatic carbocycles. The smallest absolute Gasteiger partial charge is 0.255 e. The number of hydrogen-bond donors (Lipinski definition) is 2. The van der Waals surface area contributed by atoms with Gasteiger partial charge in [-0.25, -0.2) is 4.39 Å². The predicted molar refractivity (Wildman–Crippen MR) is 115 cm³/mol. The number of halogens is 1. The first-order valence-electron chi connectivity index (χ1n) is 10.1. The Labute approximate surface area is 180 Å². The van der Waals surface area contributed by atoms with Crippen molar-refractivity contribution in [2.75, 3.05) is 25.6 Å². The average Bonchev–Trinajstić information content (AvgIpc) is 3.40. The van der Waals surface area contributed by atoms with Crippen molar-refractivity contribution in [1.82, 2.24) is 14.7 Å². The number of anilines is 1. The third-order valence-electron chi connectivity index (χ3n) is 5.56. The Kier molecular flexibility index (Phi) is 6.29. The lowest BCUT2D eigenvalue weighted by Gasteiger charge is -2.22. The minimum absolute atomic E-state index is 0.0192. The van der Waals surface area contributed by atoms with E-state index in [4.69, 9.17) is 4.74 Å². The Morgan fingerprint density at radius 1 is 1.29 bits per heavy atom. The number of aliphatic hydroxyl groups is 1. The number of carbonyl (C=O) groups excluding carboxylic acids is 1. The van der Waals surface area contributed by atoms with Crippen molar-refractivity contribution in [3.8, 4) is 5.75 Å². The molecular formula is C23H25FN4O3. The number of hydrogen-bond acceptors (Lipinski definition) is 5. The van der Waals surface area contributed by atoms with Crippen molar-refractivity contribution < 1.29 is 19.0 Å². The standard InChI is InChI=1S/C23H25FN4O3/c1-31-22-7-2-4-16(8-22)12-27-14-20(10-21(27)15-29)28-13-19(11-25-28)26-23(30)17-5-3-6-18(24)9-17/h2-9,11,13,20-21,29H,10,12,14-15H2,1H3,(H,26,30)/t20-,21-/m0/s1. The highest BCUT2D eigenvalue weighted by Gasteiger charge is 2.33. The van der Waals surface area contributed by atoms with E-state index in [9.17, 15) is 14.3 Å². The second-order valence-electron chi connectivity index (χ2n) is 7.68. The molecule has 0 saturated carbocycles. The Hall–Kier alpha value is -3.23. The van der Waals surface area contributed by atoms with Gasteiger partial charge in [-0.1, -0.05) is 18.2 Å². The van der Waals surface area contributed by atoms with Crippen LogP contribution in [0.15, 0.2) is 60.9 Å². The summed E-state index contributed by atoms with van der Waals surface area (Å²) in [6, 6.07) is 13.5. The summed E-state index contributed by atoms with van der Waals surface area (Å²) in [5, 5.41) is 17.0. The summed E-state index contributed by atoms with van der Waals surface area (Å²) in [6.07, 6.45) is 4.10. The molecule has 1 aromatic heterocycles. The molecule has 1 aliphatic heterocycles. The molecule has 0 unspecified atom stereocenters. The molecule has 1 amide bonds. The molecule has 0 aliphatic carbocycles. The molecule has 2 atom stereocenters. The van der Waals surface area contributed by atoms with E-state index in [1.54, 1.807) is 25.6 Å². The van der Waals surface area contributed by atoms with Gasteiger partial charge in [-0.05, 0) is 42.3 Å². The highest BCUT2D eigenvalue weighted by molar-refractivity contribution is 6.04. The molecule has 3 aromatic rings. The SMILES string of the molecule is COc1cccc(CN2C[C@@H](n3cc(NC(=O)c4cccc(F)c4)cn3)C[C@H]2CO)c1. The summed E-state index contributed by atoms with van der Waals surface area (Å²) in [6.45, 7) is 1.48. The Morgan fingerprint density at radius 2 is 2.13 bits per heavy atom. The number of benzene rings is 2. The molecule has 1 aliphatic rings. The second-order valence-corrected chi connectivity index (χ2v) is 7.68. The molecule has 2 heterocycles. The quantitative estimate of drug-likeness (QED) is 0.609. The third-order valence-corrected chi connectivity index (χ3v) is 5.56. The van der Waals surface area contributed by atoms with Gasteiger partial charge < -0.3 is 15.2 Å². The van der Waals surface area contributed by atoms with E-state index in [0.29, 0.717) is 12.2 Å². The van der Waals surface area contributed by atoms with Gasteiger partial charge in [0.2, 0.25) is 0 Å². The lowest BCUT2D eigenvalue weighted by atomic mass is 10.1. The number of rotatable bonds is 7. The van der Waals surface area contributed by atoms with Crippen LogP contribution in [-0.4, -0.2) is 52.0 Å². The molecule has 2 N–H and O–H groups in total. The van der Waals surface area contributed by atoms with Gasteiger partial charge in [0.1, 0.15) is 11.6 Å². The summed E-state index contributed by atoms with van der Waals surface area (Å²) >= 11 is 0. The first-order chi connectivity index (χ1) is 15.1. The van der Waals surface area contributed by atoms with Crippen LogP contribution in [0.5, 0.6) is 5.75 Å². The minimum Gasteiger partial charge on any atom is -0.497 e. The van der Waals surface area contributed by atoms with Gasteiger partial charge in [-0.15, -0.1) is 0 Å². The van der Waals surface area contributed by atoms with Crippen LogP contribution in [0.25, 0.3) is 0 Å². The van der Waals surface area contributed by atoms with Crippen molar-refractivity contribution in [2.24, 2.45) is 0 Å². The Balaban J connectivity index is 1.42. The number of nitrogens with one attached hydrogen (secondary N) is 1. The van der Waals surface area contributed by atoms with Gasteiger partial charge in [-0.2, -0.15) is 5.10 Å². The molecule has 1 saturated heterocycles. The molecule has 8 heteroatoms. The van der Waals surface area contributed by atoms with Crippen molar-refractivity contribution in [2.45, 2.75) is 25.0 Å².